The zero-order chi connectivity index (χ0) is 28.6. The molecule has 0 aromatic heterocycles. The summed E-state index contributed by atoms with van der Waals surface area (Å²) in [5.41, 5.74) is 1.51. The molecule has 1 fully saturated rings. The van der Waals surface area contributed by atoms with Crippen molar-refractivity contribution in [3.8, 4) is 11.5 Å². The molecule has 206 valence electrons. The van der Waals surface area contributed by atoms with Gasteiger partial charge < -0.3 is 14.8 Å². The van der Waals surface area contributed by atoms with Crippen LogP contribution in [-0.2, 0) is 16.2 Å². The Balaban J connectivity index is 1.46. The molecule has 40 heavy (non-hydrogen) atoms. The molecule has 1 heterocycles. The smallest absolute Gasteiger partial charge is 0.294 e. The number of carbonyl (C=O) groups is 3. The maximum Gasteiger partial charge on any atom is 0.294 e. The molecular formula is C28H25N3O7S2. The van der Waals surface area contributed by atoms with Crippen LogP contribution in [0.2, 0.25) is 0 Å². The van der Waals surface area contributed by atoms with Crippen molar-refractivity contribution in [3.05, 3.63) is 92.9 Å². The van der Waals surface area contributed by atoms with E-state index in [4.69, 9.17) is 9.47 Å². The summed E-state index contributed by atoms with van der Waals surface area (Å²) in [5.74, 6) is -0.313. The van der Waals surface area contributed by atoms with Crippen LogP contribution in [0, 0.1) is 10.1 Å². The molecule has 1 saturated heterocycles. The van der Waals surface area contributed by atoms with E-state index < -0.39 is 28.5 Å². The Hall–Kier alpha value is -4.29. The van der Waals surface area contributed by atoms with E-state index in [1.807, 2.05) is 18.4 Å². The van der Waals surface area contributed by atoms with Crippen LogP contribution < -0.4 is 14.8 Å². The number of rotatable bonds is 11. The number of imide groups is 1. The van der Waals surface area contributed by atoms with Gasteiger partial charge in [0.2, 0.25) is 5.91 Å². The van der Waals surface area contributed by atoms with Crippen molar-refractivity contribution < 1.29 is 28.8 Å². The standard InChI is InChI=1S/C28H25N3O7S2/c1-3-37-24-13-18(11-12-23(24)38-17-19-7-4-5-10-22(19)31(35)36)14-25-27(33)30(28(34)40-25)16-26(32)29-20-8-6-9-21(15-20)39-2/h4-15H,3,16-17H2,1-2H3,(H,29,32)/b25-14+. The molecule has 0 atom stereocenters. The number of benzene rings is 3. The minimum atomic E-state index is -0.572. The van der Waals surface area contributed by atoms with E-state index in [0.29, 0.717) is 34.9 Å². The monoisotopic (exact) mass is 579 g/mol. The number of nitrogens with zero attached hydrogens (tertiary/aromatic N) is 2. The Morgan fingerprint density at radius 2 is 1.88 bits per heavy atom. The molecule has 0 radical (unpaired) electrons. The first-order chi connectivity index (χ1) is 19.3. The van der Waals surface area contributed by atoms with Gasteiger partial charge in [-0.15, -0.1) is 11.8 Å². The van der Waals surface area contributed by atoms with Gasteiger partial charge in [0.15, 0.2) is 11.5 Å². The van der Waals surface area contributed by atoms with Crippen LogP contribution in [0.1, 0.15) is 18.1 Å². The SMILES string of the molecule is CCOc1cc(/C=C2/SC(=O)N(CC(=O)Nc3cccc(SC)c3)C2=O)ccc1OCc1ccccc1[N+](=O)[O-]. The summed E-state index contributed by atoms with van der Waals surface area (Å²) in [4.78, 5) is 50.9. The van der Waals surface area contributed by atoms with E-state index in [1.165, 1.54) is 17.8 Å². The van der Waals surface area contributed by atoms with Crippen LogP contribution in [-0.4, -0.2) is 46.3 Å². The number of anilines is 1. The van der Waals surface area contributed by atoms with Gasteiger partial charge in [0.05, 0.1) is 22.0 Å². The Bertz CT molecular complexity index is 1490. The topological polar surface area (TPSA) is 128 Å². The first-order valence-electron chi connectivity index (χ1n) is 12.1. The highest BCUT2D eigenvalue weighted by molar-refractivity contribution is 8.18. The Morgan fingerprint density at radius 3 is 2.62 bits per heavy atom. The molecule has 1 aliphatic rings. The molecule has 0 aliphatic carbocycles. The summed E-state index contributed by atoms with van der Waals surface area (Å²) in [6.45, 7) is 1.68. The van der Waals surface area contributed by atoms with Crippen LogP contribution in [0.3, 0.4) is 0 Å². The van der Waals surface area contributed by atoms with Crippen LogP contribution >= 0.6 is 23.5 Å². The number of carbonyl (C=O) groups excluding carboxylic acids is 3. The molecule has 1 aliphatic heterocycles. The Morgan fingerprint density at radius 1 is 1.07 bits per heavy atom. The highest BCUT2D eigenvalue weighted by atomic mass is 32.2. The molecule has 0 spiro atoms. The summed E-state index contributed by atoms with van der Waals surface area (Å²) in [6, 6.07) is 18.5. The molecule has 3 aromatic rings. The fraction of sp³-hybridized carbons (Fsp3) is 0.179. The second-order valence-electron chi connectivity index (χ2n) is 8.36. The lowest BCUT2D eigenvalue weighted by molar-refractivity contribution is -0.385. The summed E-state index contributed by atoms with van der Waals surface area (Å²) in [7, 11) is 0. The Kier molecular flexibility index (Phi) is 9.46. The molecule has 12 heteroatoms. The number of nitrogens with one attached hydrogen (secondary N) is 1. The molecule has 3 aromatic carbocycles. The van der Waals surface area contributed by atoms with Crippen molar-refractivity contribution in [1.29, 1.82) is 0 Å². The van der Waals surface area contributed by atoms with E-state index in [1.54, 1.807) is 61.5 Å². The van der Waals surface area contributed by atoms with Crippen molar-refractivity contribution >= 4 is 58.0 Å². The van der Waals surface area contributed by atoms with Crippen LogP contribution in [0.5, 0.6) is 11.5 Å². The highest BCUT2D eigenvalue weighted by Gasteiger charge is 2.36. The first-order valence-corrected chi connectivity index (χ1v) is 14.1. The van der Waals surface area contributed by atoms with E-state index in [2.05, 4.69) is 5.32 Å². The van der Waals surface area contributed by atoms with Crippen molar-refractivity contribution in [1.82, 2.24) is 4.90 Å². The normalized spacial score (nSPS) is 13.9. The molecule has 0 bridgehead atoms. The molecule has 10 nitrogen and oxygen atoms in total. The molecule has 0 saturated carbocycles. The van der Waals surface area contributed by atoms with E-state index in [-0.39, 0.29) is 17.2 Å². The number of ether oxygens (including phenoxy) is 2. The van der Waals surface area contributed by atoms with Gasteiger partial charge in [-0.05, 0) is 73.0 Å². The van der Waals surface area contributed by atoms with Gasteiger partial charge in [-0.25, -0.2) is 0 Å². The molecule has 1 N–H and O–H groups in total. The summed E-state index contributed by atoms with van der Waals surface area (Å²) >= 11 is 2.28. The second-order valence-corrected chi connectivity index (χ2v) is 10.2. The van der Waals surface area contributed by atoms with E-state index in [0.717, 1.165) is 21.6 Å². The van der Waals surface area contributed by atoms with E-state index in [9.17, 15) is 24.5 Å². The van der Waals surface area contributed by atoms with Gasteiger partial charge in [0, 0.05) is 16.6 Å². The zero-order valence-corrected chi connectivity index (χ0v) is 23.3. The van der Waals surface area contributed by atoms with Crippen LogP contribution in [0.4, 0.5) is 16.2 Å². The third kappa shape index (κ3) is 7.01. The third-order valence-corrected chi connectivity index (χ3v) is 7.30. The second kappa shape index (κ2) is 13.2. The predicted molar refractivity (Wildman–Crippen MR) is 155 cm³/mol. The van der Waals surface area contributed by atoms with Gasteiger partial charge in [-0.2, -0.15) is 0 Å². The summed E-state index contributed by atoms with van der Waals surface area (Å²) < 4.78 is 11.5. The average Bonchev–Trinajstić information content (AvgIpc) is 3.20. The molecule has 3 amide bonds. The highest BCUT2D eigenvalue weighted by Crippen LogP contribution is 2.35. The third-order valence-electron chi connectivity index (χ3n) is 5.67. The fourth-order valence-corrected chi connectivity index (χ4v) is 5.10. The summed E-state index contributed by atoms with van der Waals surface area (Å²) in [5, 5.41) is 13.5. The minimum Gasteiger partial charge on any atom is -0.490 e. The lowest BCUT2D eigenvalue weighted by atomic mass is 10.1. The van der Waals surface area contributed by atoms with Gasteiger partial charge in [-0.1, -0.05) is 24.3 Å². The average molecular weight is 580 g/mol. The van der Waals surface area contributed by atoms with Gasteiger partial charge in [-0.3, -0.25) is 29.4 Å². The van der Waals surface area contributed by atoms with Crippen molar-refractivity contribution in [2.75, 3.05) is 24.7 Å². The van der Waals surface area contributed by atoms with Crippen molar-refractivity contribution in [3.63, 3.8) is 0 Å². The number of nitro benzene ring substituents is 1. The largest absolute Gasteiger partial charge is 0.490 e. The number of thioether (sulfide) groups is 2. The quantitative estimate of drug-likeness (QED) is 0.126. The maximum absolute atomic E-state index is 13.0. The predicted octanol–water partition coefficient (Wildman–Crippen LogP) is 5.97. The van der Waals surface area contributed by atoms with Gasteiger partial charge >= 0.3 is 0 Å². The maximum atomic E-state index is 13.0. The van der Waals surface area contributed by atoms with Crippen molar-refractivity contribution in [2.24, 2.45) is 0 Å². The van der Waals surface area contributed by atoms with Gasteiger partial charge in [0.25, 0.3) is 16.8 Å². The lowest BCUT2D eigenvalue weighted by Gasteiger charge is -2.13. The first kappa shape index (κ1) is 28.7. The molecular weight excluding hydrogens is 554 g/mol. The van der Waals surface area contributed by atoms with Crippen molar-refractivity contribution in [2.45, 2.75) is 18.4 Å². The Labute approximate surface area is 238 Å². The number of nitro groups is 1. The number of hydrogen-bond donors (Lipinski definition) is 1. The fourth-order valence-electron chi connectivity index (χ4n) is 3.80. The zero-order valence-electron chi connectivity index (χ0n) is 21.6. The lowest BCUT2D eigenvalue weighted by Crippen LogP contribution is -2.36. The van der Waals surface area contributed by atoms with E-state index >= 15 is 0 Å². The van der Waals surface area contributed by atoms with Crippen LogP contribution in [0.15, 0.2) is 76.5 Å². The number of hydrogen-bond acceptors (Lipinski definition) is 9. The van der Waals surface area contributed by atoms with Crippen LogP contribution in [0.25, 0.3) is 6.08 Å². The van der Waals surface area contributed by atoms with Gasteiger partial charge in [0.1, 0.15) is 13.2 Å². The summed E-state index contributed by atoms with van der Waals surface area (Å²) in [6.07, 6.45) is 3.46. The number of para-hydroxylation sites is 1. The minimum absolute atomic E-state index is 0.0426. The molecule has 4 rings (SSSR count). The molecule has 0 unspecified atom stereocenters. The number of amides is 3.